The van der Waals surface area contributed by atoms with Gasteiger partial charge in [0.15, 0.2) is 0 Å². The number of H-pyrrole nitrogens is 1. The molecule has 2 heterocycles. The first-order valence-electron chi connectivity index (χ1n) is 9.36. The average Bonchev–Trinajstić information content (AvgIpc) is 3.16. The van der Waals surface area contributed by atoms with Crippen molar-refractivity contribution in [2.75, 3.05) is 0 Å². The number of aromatic nitrogens is 2. The number of nitrogens with two attached hydrogens (primary N) is 1. The minimum absolute atomic E-state index is 0.0862. The molecular weight excluding hydrogens is 388 g/mol. The van der Waals surface area contributed by atoms with Crippen LogP contribution in [-0.4, -0.2) is 21.8 Å². The van der Waals surface area contributed by atoms with E-state index in [0.29, 0.717) is 12.1 Å². The zero-order valence-electron chi connectivity index (χ0n) is 15.6. The second kappa shape index (κ2) is 8.00. The van der Waals surface area contributed by atoms with Crippen LogP contribution in [0.15, 0.2) is 46.6 Å². The Balaban J connectivity index is 1.49. The fourth-order valence-corrected chi connectivity index (χ4v) is 4.41. The molecule has 0 saturated heterocycles. The predicted molar refractivity (Wildman–Crippen MR) is 111 cm³/mol. The van der Waals surface area contributed by atoms with Crippen LogP contribution in [0.1, 0.15) is 46.2 Å². The highest BCUT2D eigenvalue weighted by atomic mass is 32.1. The topological polar surface area (TPSA) is 118 Å². The molecule has 1 atom stereocenters. The van der Waals surface area contributed by atoms with Gasteiger partial charge in [-0.05, 0) is 30.9 Å². The van der Waals surface area contributed by atoms with Crippen LogP contribution in [0.4, 0.5) is 0 Å². The molecule has 1 unspecified atom stereocenters. The Morgan fingerprint density at radius 2 is 2.07 bits per heavy atom. The van der Waals surface area contributed by atoms with E-state index in [1.54, 1.807) is 0 Å². The molecule has 2 amide bonds. The van der Waals surface area contributed by atoms with Crippen LogP contribution in [0.5, 0.6) is 0 Å². The summed E-state index contributed by atoms with van der Waals surface area (Å²) in [4.78, 5) is 43.4. The van der Waals surface area contributed by atoms with Gasteiger partial charge in [-0.15, -0.1) is 11.3 Å². The lowest BCUT2D eigenvalue weighted by atomic mass is 9.90. The molecule has 3 aromatic rings. The number of benzene rings is 1. The van der Waals surface area contributed by atoms with E-state index in [1.807, 2.05) is 35.7 Å². The number of primary amides is 1. The number of thiazole rings is 1. The summed E-state index contributed by atoms with van der Waals surface area (Å²) in [6.07, 6.45) is 2.43. The number of rotatable bonds is 5. The number of carbonyl (C=O) groups is 2. The van der Waals surface area contributed by atoms with Crippen molar-refractivity contribution in [3.8, 4) is 10.6 Å². The molecule has 29 heavy (non-hydrogen) atoms. The number of nitrogens with one attached hydrogen (secondary N) is 2. The fraction of sp³-hybridized carbons (Fsp3) is 0.238. The maximum atomic E-state index is 12.6. The van der Waals surface area contributed by atoms with Gasteiger partial charge in [-0.3, -0.25) is 14.4 Å². The maximum Gasteiger partial charge on any atom is 0.261 e. The number of hydrogen-bond acceptors (Lipinski definition) is 5. The van der Waals surface area contributed by atoms with Crippen molar-refractivity contribution >= 4 is 23.2 Å². The van der Waals surface area contributed by atoms with Crippen molar-refractivity contribution in [2.45, 2.75) is 31.7 Å². The summed E-state index contributed by atoms with van der Waals surface area (Å²) < 4.78 is 0. The molecule has 7 nitrogen and oxygen atoms in total. The lowest BCUT2D eigenvalue weighted by Gasteiger charge is -2.26. The van der Waals surface area contributed by atoms with Crippen molar-refractivity contribution in [1.82, 2.24) is 15.3 Å². The number of amides is 2. The zero-order chi connectivity index (χ0) is 20.4. The standard InChI is InChI=1S/C21H20N4O3S/c22-19(27)15-10-14-16(7-4-8-17(14)25-20(15)28)24-18(26)9-13-11-29-21(23-13)12-5-2-1-3-6-12/h1-3,5-6,10-11,16H,4,7-9H2,(H2,22,27)(H,24,26)(H,25,28). The molecule has 148 valence electrons. The lowest BCUT2D eigenvalue weighted by molar-refractivity contribution is -0.121. The van der Waals surface area contributed by atoms with Gasteiger partial charge in [0.2, 0.25) is 5.91 Å². The van der Waals surface area contributed by atoms with Crippen molar-refractivity contribution in [3.05, 3.63) is 74.6 Å². The van der Waals surface area contributed by atoms with Gasteiger partial charge in [-0.2, -0.15) is 0 Å². The zero-order valence-corrected chi connectivity index (χ0v) is 16.4. The molecule has 4 rings (SSSR count). The summed E-state index contributed by atoms with van der Waals surface area (Å²) >= 11 is 1.50. The van der Waals surface area contributed by atoms with Crippen LogP contribution in [0.2, 0.25) is 0 Å². The first kappa shape index (κ1) is 19.1. The van der Waals surface area contributed by atoms with Crippen LogP contribution < -0.4 is 16.6 Å². The number of aromatic amines is 1. The molecule has 0 bridgehead atoms. The normalized spacial score (nSPS) is 15.5. The van der Waals surface area contributed by atoms with E-state index in [9.17, 15) is 14.4 Å². The highest BCUT2D eigenvalue weighted by Gasteiger charge is 2.25. The van der Waals surface area contributed by atoms with E-state index in [0.717, 1.165) is 34.7 Å². The molecule has 2 aromatic heterocycles. The quantitative estimate of drug-likeness (QED) is 0.600. The van der Waals surface area contributed by atoms with Gasteiger partial charge in [-0.25, -0.2) is 4.98 Å². The Kier molecular flexibility index (Phi) is 5.26. The van der Waals surface area contributed by atoms with E-state index in [1.165, 1.54) is 17.4 Å². The molecule has 0 aliphatic heterocycles. The molecule has 0 spiro atoms. The number of hydrogen-bond donors (Lipinski definition) is 3. The van der Waals surface area contributed by atoms with E-state index in [-0.39, 0.29) is 23.9 Å². The summed E-state index contributed by atoms with van der Waals surface area (Å²) in [5.74, 6) is -0.930. The first-order chi connectivity index (χ1) is 14.0. The summed E-state index contributed by atoms with van der Waals surface area (Å²) in [5.41, 5.74) is 7.95. The third-order valence-electron chi connectivity index (χ3n) is 4.97. The minimum atomic E-state index is -0.777. The Labute approximate surface area is 171 Å². The largest absolute Gasteiger partial charge is 0.365 e. The third-order valence-corrected chi connectivity index (χ3v) is 5.91. The summed E-state index contributed by atoms with van der Waals surface area (Å²) in [6, 6.07) is 11.1. The van der Waals surface area contributed by atoms with Crippen molar-refractivity contribution in [3.63, 3.8) is 0 Å². The Bertz CT molecular complexity index is 1120. The Morgan fingerprint density at radius 1 is 1.28 bits per heavy atom. The van der Waals surface area contributed by atoms with Gasteiger partial charge in [0, 0.05) is 16.6 Å². The number of aryl methyl sites for hydroxylation is 1. The molecule has 0 saturated carbocycles. The van der Waals surface area contributed by atoms with E-state index < -0.39 is 11.5 Å². The Morgan fingerprint density at radius 3 is 2.83 bits per heavy atom. The SMILES string of the molecule is NC(=O)c1cc2c([nH]c1=O)CCCC2NC(=O)Cc1csc(-c2ccccc2)n1. The highest BCUT2D eigenvalue weighted by molar-refractivity contribution is 7.13. The number of carbonyl (C=O) groups excluding carboxylic acids is 2. The van der Waals surface area contributed by atoms with Crippen LogP contribution in [-0.2, 0) is 17.6 Å². The van der Waals surface area contributed by atoms with E-state index in [2.05, 4.69) is 15.3 Å². The van der Waals surface area contributed by atoms with Gasteiger partial charge in [-0.1, -0.05) is 30.3 Å². The molecule has 8 heteroatoms. The second-order valence-corrected chi connectivity index (χ2v) is 7.87. The van der Waals surface area contributed by atoms with E-state index in [4.69, 9.17) is 5.73 Å². The minimum Gasteiger partial charge on any atom is -0.365 e. The number of fused-ring (bicyclic) bond motifs is 1. The summed E-state index contributed by atoms with van der Waals surface area (Å²) in [7, 11) is 0. The van der Waals surface area contributed by atoms with Crippen molar-refractivity contribution in [1.29, 1.82) is 0 Å². The number of pyridine rings is 1. The first-order valence-corrected chi connectivity index (χ1v) is 10.2. The fourth-order valence-electron chi connectivity index (χ4n) is 3.59. The summed E-state index contributed by atoms with van der Waals surface area (Å²) in [6.45, 7) is 0. The molecule has 1 aliphatic rings. The highest BCUT2D eigenvalue weighted by Crippen LogP contribution is 2.29. The van der Waals surface area contributed by atoms with Crippen LogP contribution in [0, 0.1) is 0 Å². The molecule has 0 fully saturated rings. The maximum absolute atomic E-state index is 12.6. The van der Waals surface area contributed by atoms with Gasteiger partial charge < -0.3 is 16.0 Å². The second-order valence-electron chi connectivity index (χ2n) is 7.01. The van der Waals surface area contributed by atoms with Gasteiger partial charge >= 0.3 is 0 Å². The monoisotopic (exact) mass is 408 g/mol. The van der Waals surface area contributed by atoms with Crippen LogP contribution in [0.25, 0.3) is 10.6 Å². The number of nitrogens with zero attached hydrogens (tertiary/aromatic N) is 1. The van der Waals surface area contributed by atoms with Crippen LogP contribution in [0.3, 0.4) is 0 Å². The Hall–Kier alpha value is -3.26. The summed E-state index contributed by atoms with van der Waals surface area (Å²) in [5, 5.41) is 5.77. The van der Waals surface area contributed by atoms with Gasteiger partial charge in [0.25, 0.3) is 11.5 Å². The van der Waals surface area contributed by atoms with Crippen molar-refractivity contribution in [2.24, 2.45) is 5.73 Å². The molecule has 1 aliphatic carbocycles. The molecule has 0 radical (unpaired) electrons. The lowest BCUT2D eigenvalue weighted by Crippen LogP contribution is -2.34. The molecule has 4 N–H and O–H groups in total. The van der Waals surface area contributed by atoms with Crippen LogP contribution >= 0.6 is 11.3 Å². The van der Waals surface area contributed by atoms with E-state index >= 15 is 0 Å². The molecular formula is C21H20N4O3S. The third kappa shape index (κ3) is 4.12. The van der Waals surface area contributed by atoms with Crippen molar-refractivity contribution < 1.29 is 9.59 Å². The van der Waals surface area contributed by atoms with Gasteiger partial charge in [0.05, 0.1) is 18.2 Å². The average molecular weight is 408 g/mol. The smallest absolute Gasteiger partial charge is 0.261 e. The molecule has 1 aromatic carbocycles. The predicted octanol–water partition coefficient (Wildman–Crippen LogP) is 2.33. The van der Waals surface area contributed by atoms with Gasteiger partial charge in [0.1, 0.15) is 10.6 Å².